The van der Waals surface area contributed by atoms with E-state index in [9.17, 15) is 9.59 Å². The molecule has 1 aromatic rings. The summed E-state index contributed by atoms with van der Waals surface area (Å²) in [6.07, 6.45) is 0. The van der Waals surface area contributed by atoms with Crippen LogP contribution < -0.4 is 15.5 Å². The van der Waals surface area contributed by atoms with Gasteiger partial charge < -0.3 is 20.3 Å². The van der Waals surface area contributed by atoms with Gasteiger partial charge in [0.2, 0.25) is 11.8 Å². The number of ether oxygens (including phenoxy) is 1. The molecule has 0 atom stereocenters. The van der Waals surface area contributed by atoms with Crippen molar-refractivity contribution in [3.05, 3.63) is 24.3 Å². The number of hydrogen-bond donors (Lipinski definition) is 2. The predicted molar refractivity (Wildman–Crippen MR) is 90.6 cm³/mol. The number of benzene rings is 1. The number of nitrogens with zero attached hydrogens (tertiary/aromatic N) is 1. The second-order valence-corrected chi connectivity index (χ2v) is 6.63. The van der Waals surface area contributed by atoms with Crippen LogP contribution >= 0.6 is 0 Å². The molecule has 0 unspecified atom stereocenters. The highest BCUT2D eigenvalue weighted by molar-refractivity contribution is 5.95. The summed E-state index contributed by atoms with van der Waals surface area (Å²) in [6, 6.07) is 7.70. The zero-order valence-corrected chi connectivity index (χ0v) is 14.0. The third-order valence-electron chi connectivity index (χ3n) is 3.62. The molecule has 0 spiro atoms. The number of nitrogens with one attached hydrogen (secondary N) is 2. The van der Waals surface area contributed by atoms with Gasteiger partial charge >= 0.3 is 0 Å². The van der Waals surface area contributed by atoms with Crippen LogP contribution in [0.1, 0.15) is 20.8 Å². The van der Waals surface area contributed by atoms with Crippen LogP contribution in [0.4, 0.5) is 11.4 Å². The Kier molecular flexibility index (Phi) is 5.60. The average Bonchev–Trinajstić information content (AvgIpc) is 2.53. The van der Waals surface area contributed by atoms with E-state index in [1.807, 2.05) is 45.0 Å². The number of amides is 2. The quantitative estimate of drug-likeness (QED) is 0.885. The molecule has 2 amide bonds. The molecule has 126 valence electrons. The number of carbonyl (C=O) groups excluding carboxylic acids is 2. The summed E-state index contributed by atoms with van der Waals surface area (Å²) in [6.45, 7) is 8.65. The maximum absolute atomic E-state index is 11.9. The highest BCUT2D eigenvalue weighted by Crippen LogP contribution is 2.19. The third kappa shape index (κ3) is 5.25. The summed E-state index contributed by atoms with van der Waals surface area (Å²) in [5, 5.41) is 5.41. The van der Waals surface area contributed by atoms with E-state index in [0.29, 0.717) is 0 Å². The molecule has 1 aliphatic rings. The Labute approximate surface area is 137 Å². The largest absolute Gasteiger partial charge is 0.378 e. The van der Waals surface area contributed by atoms with E-state index in [4.69, 9.17) is 4.74 Å². The summed E-state index contributed by atoms with van der Waals surface area (Å²) >= 11 is 0. The Morgan fingerprint density at radius 1 is 1.13 bits per heavy atom. The third-order valence-corrected chi connectivity index (χ3v) is 3.62. The maximum atomic E-state index is 11.9. The molecule has 0 aromatic heterocycles. The molecule has 1 fully saturated rings. The minimum Gasteiger partial charge on any atom is -0.378 e. The molecule has 6 nitrogen and oxygen atoms in total. The van der Waals surface area contributed by atoms with Gasteiger partial charge in [0, 0.05) is 29.9 Å². The summed E-state index contributed by atoms with van der Waals surface area (Å²) < 4.78 is 5.33. The first-order valence-corrected chi connectivity index (χ1v) is 7.87. The minimum absolute atomic E-state index is 0.0265. The Morgan fingerprint density at radius 3 is 2.30 bits per heavy atom. The van der Waals surface area contributed by atoms with Crippen LogP contribution in [0, 0.1) is 5.41 Å². The molecule has 23 heavy (non-hydrogen) atoms. The summed E-state index contributed by atoms with van der Waals surface area (Å²) in [7, 11) is 0. The first-order valence-electron chi connectivity index (χ1n) is 7.87. The average molecular weight is 319 g/mol. The van der Waals surface area contributed by atoms with E-state index >= 15 is 0 Å². The molecule has 0 bridgehead atoms. The molecule has 6 heteroatoms. The highest BCUT2D eigenvalue weighted by Gasteiger charge is 2.21. The molecule has 0 radical (unpaired) electrons. The first-order chi connectivity index (χ1) is 10.9. The van der Waals surface area contributed by atoms with Crippen molar-refractivity contribution < 1.29 is 14.3 Å². The fraction of sp³-hybridized carbons (Fsp3) is 0.529. The number of hydrogen-bond acceptors (Lipinski definition) is 4. The van der Waals surface area contributed by atoms with Gasteiger partial charge in [0.05, 0.1) is 19.8 Å². The van der Waals surface area contributed by atoms with Crippen molar-refractivity contribution in [2.24, 2.45) is 5.41 Å². The van der Waals surface area contributed by atoms with Crippen molar-refractivity contribution in [2.45, 2.75) is 20.8 Å². The van der Waals surface area contributed by atoms with Crippen molar-refractivity contribution >= 4 is 23.2 Å². The van der Waals surface area contributed by atoms with Gasteiger partial charge in [-0.1, -0.05) is 20.8 Å². The van der Waals surface area contributed by atoms with Crippen LogP contribution in [0.2, 0.25) is 0 Å². The smallest absolute Gasteiger partial charge is 0.243 e. The second kappa shape index (κ2) is 7.46. The van der Waals surface area contributed by atoms with Gasteiger partial charge in [0.25, 0.3) is 0 Å². The lowest BCUT2D eigenvalue weighted by atomic mass is 9.96. The number of anilines is 2. The monoisotopic (exact) mass is 319 g/mol. The molecule has 2 rings (SSSR count). The number of carbonyl (C=O) groups is 2. The molecule has 1 saturated heterocycles. The lowest BCUT2D eigenvalue weighted by Crippen LogP contribution is -2.39. The van der Waals surface area contributed by atoms with Crippen LogP contribution in [-0.2, 0) is 14.3 Å². The van der Waals surface area contributed by atoms with Crippen molar-refractivity contribution in [3.8, 4) is 0 Å². The Bertz CT molecular complexity index is 543. The van der Waals surface area contributed by atoms with E-state index in [1.165, 1.54) is 0 Å². The van der Waals surface area contributed by atoms with Gasteiger partial charge in [-0.3, -0.25) is 9.59 Å². The maximum Gasteiger partial charge on any atom is 0.243 e. The summed E-state index contributed by atoms with van der Waals surface area (Å²) in [4.78, 5) is 25.9. The topological polar surface area (TPSA) is 70.7 Å². The zero-order valence-electron chi connectivity index (χ0n) is 14.0. The van der Waals surface area contributed by atoms with E-state index in [-0.39, 0.29) is 18.4 Å². The molecule has 1 aromatic carbocycles. The highest BCUT2D eigenvalue weighted by atomic mass is 16.5. The molecular formula is C17H25N3O3. The fourth-order valence-corrected chi connectivity index (χ4v) is 2.21. The van der Waals surface area contributed by atoms with Crippen LogP contribution in [0.3, 0.4) is 0 Å². The Balaban J connectivity index is 1.83. The standard InChI is InChI=1S/C17H25N3O3/c1-17(2,3)16(22)18-12-15(21)19-13-4-6-14(7-5-13)20-8-10-23-11-9-20/h4-7H,8-12H2,1-3H3,(H,18,22)(H,19,21). The second-order valence-electron chi connectivity index (χ2n) is 6.63. The predicted octanol–water partition coefficient (Wildman–Crippen LogP) is 1.62. The van der Waals surface area contributed by atoms with Gasteiger partial charge in [0.15, 0.2) is 0 Å². The van der Waals surface area contributed by atoms with Gasteiger partial charge in [-0.2, -0.15) is 0 Å². The zero-order chi connectivity index (χ0) is 16.9. The molecule has 1 heterocycles. The molecule has 2 N–H and O–H groups in total. The molecule has 0 saturated carbocycles. The number of rotatable bonds is 4. The molecular weight excluding hydrogens is 294 g/mol. The Hall–Kier alpha value is -2.08. The van der Waals surface area contributed by atoms with Gasteiger partial charge in [-0.05, 0) is 24.3 Å². The van der Waals surface area contributed by atoms with E-state index in [0.717, 1.165) is 37.7 Å². The lowest BCUT2D eigenvalue weighted by molar-refractivity contribution is -0.130. The van der Waals surface area contributed by atoms with Crippen molar-refractivity contribution in [3.63, 3.8) is 0 Å². The van der Waals surface area contributed by atoms with E-state index < -0.39 is 5.41 Å². The molecule has 1 aliphatic heterocycles. The lowest BCUT2D eigenvalue weighted by Gasteiger charge is -2.28. The van der Waals surface area contributed by atoms with E-state index in [2.05, 4.69) is 15.5 Å². The number of morpholine rings is 1. The van der Waals surface area contributed by atoms with Crippen molar-refractivity contribution in [2.75, 3.05) is 43.1 Å². The van der Waals surface area contributed by atoms with Gasteiger partial charge in [-0.25, -0.2) is 0 Å². The van der Waals surface area contributed by atoms with Crippen molar-refractivity contribution in [1.29, 1.82) is 0 Å². The van der Waals surface area contributed by atoms with Crippen LogP contribution in [0.15, 0.2) is 24.3 Å². The van der Waals surface area contributed by atoms with Gasteiger partial charge in [-0.15, -0.1) is 0 Å². The summed E-state index contributed by atoms with van der Waals surface area (Å²) in [5.74, 6) is -0.378. The first kappa shape index (κ1) is 17.3. The van der Waals surface area contributed by atoms with Gasteiger partial charge in [0.1, 0.15) is 0 Å². The summed E-state index contributed by atoms with van der Waals surface area (Å²) in [5.41, 5.74) is 1.34. The van der Waals surface area contributed by atoms with Crippen LogP contribution in [-0.4, -0.2) is 44.7 Å². The van der Waals surface area contributed by atoms with E-state index in [1.54, 1.807) is 0 Å². The Morgan fingerprint density at radius 2 is 1.74 bits per heavy atom. The minimum atomic E-state index is -0.500. The van der Waals surface area contributed by atoms with Crippen LogP contribution in [0.5, 0.6) is 0 Å². The van der Waals surface area contributed by atoms with Crippen LogP contribution in [0.25, 0.3) is 0 Å². The molecule has 0 aliphatic carbocycles. The SMILES string of the molecule is CC(C)(C)C(=O)NCC(=O)Nc1ccc(N2CCOCC2)cc1. The normalized spacial score (nSPS) is 15.2. The van der Waals surface area contributed by atoms with Crippen molar-refractivity contribution in [1.82, 2.24) is 5.32 Å². The fourth-order valence-electron chi connectivity index (χ4n) is 2.21.